The molecular weight excluding hydrogens is 408 g/mol. The minimum atomic E-state index is -0.114. The number of carbonyl (C=O) groups excluding carboxylic acids is 2. The van der Waals surface area contributed by atoms with Crippen molar-refractivity contribution in [2.24, 2.45) is 0 Å². The summed E-state index contributed by atoms with van der Waals surface area (Å²) in [6.07, 6.45) is 6.95. The summed E-state index contributed by atoms with van der Waals surface area (Å²) in [7, 11) is 0. The van der Waals surface area contributed by atoms with Gasteiger partial charge in [0.1, 0.15) is 0 Å². The van der Waals surface area contributed by atoms with Crippen LogP contribution in [0.3, 0.4) is 0 Å². The van der Waals surface area contributed by atoms with Crippen LogP contribution in [-0.4, -0.2) is 57.3 Å². The van der Waals surface area contributed by atoms with E-state index in [1.54, 1.807) is 23.2 Å². The summed E-state index contributed by atoms with van der Waals surface area (Å²) in [4.78, 5) is 37.1. The molecule has 0 unspecified atom stereocenters. The van der Waals surface area contributed by atoms with E-state index < -0.39 is 0 Å². The van der Waals surface area contributed by atoms with Crippen LogP contribution in [-0.2, 0) is 4.79 Å². The molecule has 0 spiro atoms. The minimum Gasteiger partial charge on any atom is -0.459 e. The van der Waals surface area contributed by atoms with Crippen LogP contribution < -0.4 is 10.2 Å². The molecule has 0 atom stereocenters. The van der Waals surface area contributed by atoms with E-state index in [2.05, 4.69) is 20.2 Å². The number of imidazole rings is 1. The van der Waals surface area contributed by atoms with Gasteiger partial charge >= 0.3 is 0 Å². The number of hydrogen-bond acceptors (Lipinski definition) is 6. The summed E-state index contributed by atoms with van der Waals surface area (Å²) in [5, 5.41) is 2.81. The van der Waals surface area contributed by atoms with Crippen LogP contribution in [0.5, 0.6) is 0 Å². The predicted molar refractivity (Wildman–Crippen MR) is 120 cm³/mol. The number of amides is 2. The normalized spacial score (nSPS) is 14.0. The maximum Gasteiger partial charge on any atom is 0.289 e. The standard InChI is InChI=1S/C23H22N6O3/c1-16(30)26-18-5-2-4-17(14-18)19-15-25-22-21(24-7-8-29(19)22)27-9-11-28(12-10-27)23(31)20-6-3-13-32-20/h2-8,13-15H,9-12H2,1H3,(H,26,30). The third-order valence-electron chi connectivity index (χ3n) is 5.49. The van der Waals surface area contributed by atoms with Gasteiger partial charge in [0.05, 0.1) is 18.2 Å². The van der Waals surface area contributed by atoms with Crippen LogP contribution in [0.2, 0.25) is 0 Å². The lowest BCUT2D eigenvalue weighted by Crippen LogP contribution is -2.49. The molecule has 0 bridgehead atoms. The van der Waals surface area contributed by atoms with Crippen molar-refractivity contribution in [3.05, 3.63) is 67.0 Å². The van der Waals surface area contributed by atoms with Gasteiger partial charge in [-0.25, -0.2) is 9.97 Å². The number of fused-ring (bicyclic) bond motifs is 1. The van der Waals surface area contributed by atoms with E-state index in [0.29, 0.717) is 31.9 Å². The number of furan rings is 1. The van der Waals surface area contributed by atoms with Crippen LogP contribution in [0.25, 0.3) is 16.9 Å². The Bertz CT molecular complexity index is 1270. The lowest BCUT2D eigenvalue weighted by molar-refractivity contribution is -0.114. The number of anilines is 2. The van der Waals surface area contributed by atoms with E-state index in [1.807, 2.05) is 41.1 Å². The SMILES string of the molecule is CC(=O)Nc1cccc(-c2cnc3c(N4CCN(C(=O)c5ccco5)CC4)nccn23)c1. The Morgan fingerprint density at radius 1 is 1.06 bits per heavy atom. The molecule has 1 aromatic carbocycles. The Labute approximate surface area is 184 Å². The van der Waals surface area contributed by atoms with E-state index in [0.717, 1.165) is 28.4 Å². The largest absolute Gasteiger partial charge is 0.459 e. The lowest BCUT2D eigenvalue weighted by atomic mass is 10.1. The summed E-state index contributed by atoms with van der Waals surface area (Å²) in [6, 6.07) is 11.1. The average Bonchev–Trinajstić information content (AvgIpc) is 3.49. The summed E-state index contributed by atoms with van der Waals surface area (Å²) >= 11 is 0. The first kappa shape index (κ1) is 19.8. The zero-order chi connectivity index (χ0) is 22.1. The number of piperazine rings is 1. The number of nitrogens with one attached hydrogen (secondary N) is 1. The molecule has 3 aromatic heterocycles. The summed E-state index contributed by atoms with van der Waals surface area (Å²) in [6.45, 7) is 3.95. The van der Waals surface area contributed by atoms with Gasteiger partial charge in [-0.1, -0.05) is 12.1 Å². The smallest absolute Gasteiger partial charge is 0.289 e. The molecule has 5 rings (SSSR count). The molecule has 32 heavy (non-hydrogen) atoms. The molecule has 1 aliphatic rings. The summed E-state index contributed by atoms with van der Waals surface area (Å²) < 4.78 is 7.23. The highest BCUT2D eigenvalue weighted by Crippen LogP contribution is 2.27. The van der Waals surface area contributed by atoms with Gasteiger partial charge in [0, 0.05) is 56.7 Å². The van der Waals surface area contributed by atoms with Gasteiger partial charge in [-0.2, -0.15) is 0 Å². The van der Waals surface area contributed by atoms with Crippen LogP contribution in [0.4, 0.5) is 11.5 Å². The Kier molecular flexibility index (Phi) is 5.06. The summed E-state index contributed by atoms with van der Waals surface area (Å²) in [5.74, 6) is 0.930. The number of rotatable bonds is 4. The van der Waals surface area contributed by atoms with Gasteiger partial charge in [0.25, 0.3) is 5.91 Å². The van der Waals surface area contributed by atoms with Gasteiger partial charge in [-0.15, -0.1) is 0 Å². The maximum absolute atomic E-state index is 12.5. The van der Waals surface area contributed by atoms with E-state index in [-0.39, 0.29) is 11.8 Å². The zero-order valence-corrected chi connectivity index (χ0v) is 17.6. The van der Waals surface area contributed by atoms with E-state index in [9.17, 15) is 9.59 Å². The Balaban J connectivity index is 1.38. The predicted octanol–water partition coefficient (Wildman–Crippen LogP) is 2.91. The molecule has 1 fully saturated rings. The first-order chi connectivity index (χ1) is 15.6. The minimum absolute atomic E-state index is 0.0945. The third-order valence-corrected chi connectivity index (χ3v) is 5.49. The van der Waals surface area contributed by atoms with Crippen LogP contribution in [0.15, 0.2) is 65.7 Å². The number of nitrogens with zero attached hydrogens (tertiary/aromatic N) is 5. The van der Waals surface area contributed by atoms with Crippen molar-refractivity contribution in [3.63, 3.8) is 0 Å². The zero-order valence-electron chi connectivity index (χ0n) is 17.6. The van der Waals surface area contributed by atoms with Crippen molar-refractivity contribution in [3.8, 4) is 11.3 Å². The van der Waals surface area contributed by atoms with E-state index in [4.69, 9.17) is 4.42 Å². The van der Waals surface area contributed by atoms with Gasteiger partial charge < -0.3 is 19.5 Å². The molecule has 0 radical (unpaired) electrons. The van der Waals surface area contributed by atoms with Crippen molar-refractivity contribution < 1.29 is 14.0 Å². The quantitative estimate of drug-likeness (QED) is 0.535. The highest BCUT2D eigenvalue weighted by molar-refractivity contribution is 5.91. The molecular formula is C23H22N6O3. The third kappa shape index (κ3) is 3.68. The monoisotopic (exact) mass is 430 g/mol. The van der Waals surface area contributed by atoms with Crippen LogP contribution in [0, 0.1) is 0 Å². The molecule has 4 aromatic rings. The molecule has 162 valence electrons. The first-order valence-corrected chi connectivity index (χ1v) is 10.4. The van der Waals surface area contributed by atoms with Gasteiger partial charge in [0.2, 0.25) is 5.91 Å². The second-order valence-electron chi connectivity index (χ2n) is 7.61. The van der Waals surface area contributed by atoms with E-state index >= 15 is 0 Å². The molecule has 9 nitrogen and oxygen atoms in total. The molecule has 1 saturated heterocycles. The first-order valence-electron chi connectivity index (χ1n) is 10.4. The van der Waals surface area contributed by atoms with Crippen molar-refractivity contribution in [1.82, 2.24) is 19.3 Å². The van der Waals surface area contributed by atoms with Crippen molar-refractivity contribution >= 4 is 29.0 Å². The number of benzene rings is 1. The van der Waals surface area contributed by atoms with Crippen molar-refractivity contribution in [2.75, 3.05) is 36.4 Å². The second-order valence-corrected chi connectivity index (χ2v) is 7.61. The summed E-state index contributed by atoms with van der Waals surface area (Å²) in [5.41, 5.74) is 3.33. The average molecular weight is 430 g/mol. The lowest BCUT2D eigenvalue weighted by Gasteiger charge is -2.35. The van der Waals surface area contributed by atoms with Gasteiger partial charge in [-0.05, 0) is 24.3 Å². The van der Waals surface area contributed by atoms with Crippen molar-refractivity contribution in [1.29, 1.82) is 0 Å². The van der Waals surface area contributed by atoms with Crippen LogP contribution >= 0.6 is 0 Å². The molecule has 1 N–H and O–H groups in total. The highest BCUT2D eigenvalue weighted by Gasteiger charge is 2.26. The van der Waals surface area contributed by atoms with Crippen LogP contribution in [0.1, 0.15) is 17.5 Å². The topological polar surface area (TPSA) is 96.0 Å². The second kappa shape index (κ2) is 8.18. The molecule has 0 saturated carbocycles. The number of hydrogen-bond donors (Lipinski definition) is 1. The Morgan fingerprint density at radius 3 is 2.66 bits per heavy atom. The Morgan fingerprint density at radius 2 is 1.91 bits per heavy atom. The fraction of sp³-hybridized carbons (Fsp3) is 0.217. The van der Waals surface area contributed by atoms with Gasteiger partial charge in [0.15, 0.2) is 17.2 Å². The molecule has 2 amide bonds. The number of aromatic nitrogens is 3. The highest BCUT2D eigenvalue weighted by atomic mass is 16.3. The number of carbonyl (C=O) groups is 2. The van der Waals surface area contributed by atoms with E-state index in [1.165, 1.54) is 13.2 Å². The fourth-order valence-electron chi connectivity index (χ4n) is 3.98. The molecule has 4 heterocycles. The maximum atomic E-state index is 12.5. The van der Waals surface area contributed by atoms with Gasteiger partial charge in [-0.3, -0.25) is 14.0 Å². The molecule has 0 aliphatic carbocycles. The Hall–Kier alpha value is -4.14. The molecule has 1 aliphatic heterocycles. The fourth-order valence-corrected chi connectivity index (χ4v) is 3.98. The molecule has 9 heteroatoms. The van der Waals surface area contributed by atoms with Crippen molar-refractivity contribution in [2.45, 2.75) is 6.92 Å².